The SMILES string of the molecule is COc1ccc(N2CC(C(=O)NC3CCCC3)CC2=O)cc1. The summed E-state index contributed by atoms with van der Waals surface area (Å²) in [4.78, 5) is 26.2. The lowest BCUT2D eigenvalue weighted by Gasteiger charge is -2.18. The number of carbonyl (C=O) groups excluding carboxylic acids is 2. The van der Waals surface area contributed by atoms with Gasteiger partial charge < -0.3 is 15.0 Å². The molecule has 3 rings (SSSR count). The first-order chi connectivity index (χ1) is 10.7. The van der Waals surface area contributed by atoms with Crippen molar-refractivity contribution < 1.29 is 14.3 Å². The molecule has 0 spiro atoms. The Hall–Kier alpha value is -2.04. The molecule has 5 heteroatoms. The largest absolute Gasteiger partial charge is 0.497 e. The van der Waals surface area contributed by atoms with Crippen molar-refractivity contribution in [1.29, 1.82) is 0 Å². The first kappa shape index (κ1) is 14.9. The second-order valence-corrected chi connectivity index (χ2v) is 6.09. The average molecular weight is 302 g/mol. The number of methoxy groups -OCH3 is 1. The third-order valence-corrected chi connectivity index (χ3v) is 4.58. The van der Waals surface area contributed by atoms with Crippen molar-refractivity contribution in [3.05, 3.63) is 24.3 Å². The van der Waals surface area contributed by atoms with Gasteiger partial charge in [0.1, 0.15) is 5.75 Å². The van der Waals surface area contributed by atoms with Gasteiger partial charge in [0.15, 0.2) is 0 Å². The van der Waals surface area contributed by atoms with Crippen LogP contribution in [0.1, 0.15) is 32.1 Å². The van der Waals surface area contributed by atoms with Crippen LogP contribution in [-0.4, -0.2) is 31.5 Å². The van der Waals surface area contributed by atoms with Crippen LogP contribution in [0.25, 0.3) is 0 Å². The summed E-state index contributed by atoms with van der Waals surface area (Å²) in [7, 11) is 1.61. The summed E-state index contributed by atoms with van der Waals surface area (Å²) < 4.78 is 5.12. The maximum Gasteiger partial charge on any atom is 0.227 e. The standard InChI is InChI=1S/C17H22N2O3/c1-22-15-8-6-14(7-9-15)19-11-12(10-16(19)20)17(21)18-13-4-2-3-5-13/h6-9,12-13H,2-5,10-11H2,1H3,(H,18,21). The lowest BCUT2D eigenvalue weighted by Crippen LogP contribution is -2.38. The van der Waals surface area contributed by atoms with E-state index in [9.17, 15) is 9.59 Å². The fraction of sp³-hybridized carbons (Fsp3) is 0.529. The molecular formula is C17H22N2O3. The van der Waals surface area contributed by atoms with Gasteiger partial charge >= 0.3 is 0 Å². The van der Waals surface area contributed by atoms with Gasteiger partial charge in [-0.2, -0.15) is 0 Å². The molecule has 118 valence electrons. The number of anilines is 1. The lowest BCUT2D eigenvalue weighted by atomic mass is 10.1. The quantitative estimate of drug-likeness (QED) is 0.926. The highest BCUT2D eigenvalue weighted by atomic mass is 16.5. The van der Waals surface area contributed by atoms with Gasteiger partial charge in [0.25, 0.3) is 0 Å². The number of hydrogen-bond acceptors (Lipinski definition) is 3. The summed E-state index contributed by atoms with van der Waals surface area (Å²) in [5.74, 6) is 0.550. The van der Waals surface area contributed by atoms with E-state index in [4.69, 9.17) is 4.74 Å². The van der Waals surface area contributed by atoms with Gasteiger partial charge in [-0.05, 0) is 37.1 Å². The van der Waals surface area contributed by atoms with Gasteiger partial charge in [0, 0.05) is 24.7 Å². The molecule has 5 nitrogen and oxygen atoms in total. The van der Waals surface area contributed by atoms with Crippen molar-refractivity contribution in [2.24, 2.45) is 5.92 Å². The van der Waals surface area contributed by atoms with E-state index < -0.39 is 0 Å². The van der Waals surface area contributed by atoms with Gasteiger partial charge in [-0.25, -0.2) is 0 Å². The number of benzene rings is 1. The van der Waals surface area contributed by atoms with E-state index in [2.05, 4.69) is 5.32 Å². The van der Waals surface area contributed by atoms with Crippen LogP contribution in [0.5, 0.6) is 5.75 Å². The lowest BCUT2D eigenvalue weighted by molar-refractivity contribution is -0.126. The summed E-state index contributed by atoms with van der Waals surface area (Å²) in [5.41, 5.74) is 0.821. The Morgan fingerprint density at radius 2 is 1.91 bits per heavy atom. The van der Waals surface area contributed by atoms with Crippen LogP contribution < -0.4 is 15.0 Å². The monoisotopic (exact) mass is 302 g/mol. The Labute approximate surface area is 130 Å². The summed E-state index contributed by atoms with van der Waals surface area (Å²) in [6.45, 7) is 0.462. The molecule has 1 N–H and O–H groups in total. The van der Waals surface area contributed by atoms with Crippen LogP contribution >= 0.6 is 0 Å². The van der Waals surface area contributed by atoms with Gasteiger partial charge in [0.2, 0.25) is 11.8 Å². The molecule has 1 unspecified atom stereocenters. The number of amides is 2. The number of rotatable bonds is 4. The molecule has 1 aliphatic heterocycles. The van der Waals surface area contributed by atoms with E-state index in [1.54, 1.807) is 12.0 Å². The Morgan fingerprint density at radius 1 is 1.23 bits per heavy atom. The van der Waals surface area contributed by atoms with Crippen LogP contribution in [0.2, 0.25) is 0 Å². The zero-order valence-electron chi connectivity index (χ0n) is 12.9. The minimum absolute atomic E-state index is 0.0109. The number of ether oxygens (including phenoxy) is 1. The molecule has 0 aromatic heterocycles. The van der Waals surface area contributed by atoms with E-state index in [1.165, 1.54) is 12.8 Å². The zero-order chi connectivity index (χ0) is 15.5. The fourth-order valence-electron chi connectivity index (χ4n) is 3.28. The number of nitrogens with one attached hydrogen (secondary N) is 1. The highest BCUT2D eigenvalue weighted by molar-refractivity contribution is 6.00. The molecule has 1 aliphatic carbocycles. The van der Waals surface area contributed by atoms with Crippen LogP contribution in [0.4, 0.5) is 5.69 Å². The first-order valence-electron chi connectivity index (χ1n) is 7.92. The Kier molecular flexibility index (Phi) is 4.32. The smallest absolute Gasteiger partial charge is 0.227 e. The van der Waals surface area contributed by atoms with Crippen LogP contribution in [-0.2, 0) is 9.59 Å². The van der Waals surface area contributed by atoms with E-state index in [0.717, 1.165) is 24.3 Å². The van der Waals surface area contributed by atoms with Crippen LogP contribution in [0, 0.1) is 5.92 Å². The van der Waals surface area contributed by atoms with Crippen molar-refractivity contribution in [2.75, 3.05) is 18.6 Å². The minimum Gasteiger partial charge on any atom is -0.497 e. The average Bonchev–Trinajstić information content (AvgIpc) is 3.17. The predicted molar refractivity (Wildman–Crippen MR) is 83.9 cm³/mol. The molecular weight excluding hydrogens is 280 g/mol. The van der Waals surface area contributed by atoms with Crippen LogP contribution in [0.15, 0.2) is 24.3 Å². The van der Waals surface area contributed by atoms with Crippen molar-refractivity contribution in [3.8, 4) is 5.75 Å². The Balaban J connectivity index is 1.63. The Bertz CT molecular complexity index is 550. The van der Waals surface area contributed by atoms with Gasteiger partial charge in [-0.1, -0.05) is 12.8 Å². The number of nitrogens with zero attached hydrogens (tertiary/aromatic N) is 1. The number of carbonyl (C=O) groups is 2. The fourth-order valence-corrected chi connectivity index (χ4v) is 3.28. The second kappa shape index (κ2) is 6.38. The molecule has 2 amide bonds. The highest BCUT2D eigenvalue weighted by Crippen LogP contribution is 2.27. The Morgan fingerprint density at radius 3 is 2.55 bits per heavy atom. The summed E-state index contributed by atoms with van der Waals surface area (Å²) >= 11 is 0. The molecule has 1 aromatic carbocycles. The number of hydrogen-bond donors (Lipinski definition) is 1. The van der Waals surface area contributed by atoms with Crippen molar-refractivity contribution in [1.82, 2.24) is 5.32 Å². The molecule has 0 radical (unpaired) electrons. The molecule has 1 saturated heterocycles. The summed E-state index contributed by atoms with van der Waals surface area (Å²) in [6.07, 6.45) is 4.80. The van der Waals surface area contributed by atoms with Gasteiger partial charge in [-0.15, -0.1) is 0 Å². The van der Waals surface area contributed by atoms with Gasteiger partial charge in [0.05, 0.1) is 13.0 Å². The predicted octanol–water partition coefficient (Wildman–Crippen LogP) is 2.11. The molecule has 1 saturated carbocycles. The topological polar surface area (TPSA) is 58.6 Å². The third kappa shape index (κ3) is 3.08. The molecule has 1 aromatic rings. The first-order valence-corrected chi connectivity index (χ1v) is 7.92. The van der Waals surface area contributed by atoms with Crippen molar-refractivity contribution in [2.45, 2.75) is 38.1 Å². The third-order valence-electron chi connectivity index (χ3n) is 4.58. The second-order valence-electron chi connectivity index (χ2n) is 6.09. The maximum atomic E-state index is 12.3. The van der Waals surface area contributed by atoms with E-state index >= 15 is 0 Å². The van der Waals surface area contributed by atoms with Crippen molar-refractivity contribution >= 4 is 17.5 Å². The molecule has 22 heavy (non-hydrogen) atoms. The normalized spacial score (nSPS) is 22.1. The van der Waals surface area contributed by atoms with Crippen molar-refractivity contribution in [3.63, 3.8) is 0 Å². The summed E-state index contributed by atoms with van der Waals surface area (Å²) in [6, 6.07) is 7.67. The molecule has 1 heterocycles. The van der Waals surface area contributed by atoms with Gasteiger partial charge in [-0.3, -0.25) is 9.59 Å². The maximum absolute atomic E-state index is 12.3. The minimum atomic E-state index is -0.241. The zero-order valence-corrected chi connectivity index (χ0v) is 12.9. The molecule has 2 fully saturated rings. The van der Waals surface area contributed by atoms with E-state index in [1.807, 2.05) is 24.3 Å². The molecule has 1 atom stereocenters. The van der Waals surface area contributed by atoms with Crippen LogP contribution in [0.3, 0.4) is 0 Å². The highest BCUT2D eigenvalue weighted by Gasteiger charge is 2.36. The summed E-state index contributed by atoms with van der Waals surface area (Å²) in [5, 5.41) is 3.09. The molecule has 0 bridgehead atoms. The van der Waals surface area contributed by atoms with E-state index in [0.29, 0.717) is 19.0 Å². The molecule has 2 aliphatic rings. The van der Waals surface area contributed by atoms with E-state index in [-0.39, 0.29) is 17.7 Å².